The van der Waals surface area contributed by atoms with Gasteiger partial charge in [-0.05, 0) is 29.8 Å². The molecule has 2 aromatic rings. The average molecular weight is 397 g/mol. The molecular formula is C18H19BrClNO2. The minimum absolute atomic E-state index is 0.418. The predicted octanol–water partition coefficient (Wildman–Crippen LogP) is 4.97. The molecule has 0 bridgehead atoms. The summed E-state index contributed by atoms with van der Waals surface area (Å²) in [7, 11) is 1.64. The van der Waals surface area contributed by atoms with Crippen molar-refractivity contribution in [2.75, 3.05) is 13.7 Å². The molecule has 2 rings (SSSR count). The zero-order valence-corrected chi connectivity index (χ0v) is 15.3. The van der Waals surface area contributed by atoms with E-state index >= 15 is 0 Å². The number of methoxy groups -OCH3 is 1. The van der Waals surface area contributed by atoms with Crippen molar-refractivity contribution in [3.63, 3.8) is 0 Å². The third-order valence-corrected chi connectivity index (χ3v) is 4.23. The van der Waals surface area contributed by atoms with Crippen molar-refractivity contribution >= 4 is 27.5 Å². The van der Waals surface area contributed by atoms with Gasteiger partial charge in [0.05, 0.1) is 7.11 Å². The van der Waals surface area contributed by atoms with E-state index in [4.69, 9.17) is 21.1 Å². The first kappa shape index (κ1) is 17.9. The number of hydrogen-bond acceptors (Lipinski definition) is 3. The van der Waals surface area contributed by atoms with Crippen LogP contribution < -0.4 is 14.8 Å². The van der Waals surface area contributed by atoms with E-state index in [0.717, 1.165) is 27.9 Å². The Balaban J connectivity index is 2.23. The summed E-state index contributed by atoms with van der Waals surface area (Å²) in [6, 6.07) is 11.5. The van der Waals surface area contributed by atoms with Gasteiger partial charge in [0.1, 0.15) is 6.61 Å². The molecule has 0 aromatic heterocycles. The molecule has 0 fully saturated rings. The lowest BCUT2D eigenvalue weighted by Gasteiger charge is -2.17. The van der Waals surface area contributed by atoms with Crippen LogP contribution in [0.5, 0.6) is 11.5 Å². The summed E-state index contributed by atoms with van der Waals surface area (Å²) in [5, 5.41) is 3.98. The smallest absolute Gasteiger partial charge is 0.167 e. The van der Waals surface area contributed by atoms with Gasteiger partial charge in [-0.1, -0.05) is 45.7 Å². The molecule has 0 aliphatic carbocycles. The molecule has 0 saturated carbocycles. The lowest BCUT2D eigenvalue weighted by atomic mass is 10.1. The molecule has 0 aliphatic heterocycles. The van der Waals surface area contributed by atoms with Gasteiger partial charge >= 0.3 is 0 Å². The number of ether oxygens (including phenoxy) is 2. The first-order chi connectivity index (χ1) is 11.2. The molecule has 5 heteroatoms. The number of nitrogens with one attached hydrogen (secondary N) is 1. The van der Waals surface area contributed by atoms with Crippen molar-refractivity contribution < 1.29 is 9.47 Å². The second-order valence-electron chi connectivity index (χ2n) is 4.90. The van der Waals surface area contributed by atoms with Gasteiger partial charge in [-0.3, -0.25) is 0 Å². The fourth-order valence-corrected chi connectivity index (χ4v) is 2.81. The van der Waals surface area contributed by atoms with Crippen molar-refractivity contribution in [1.29, 1.82) is 0 Å². The highest BCUT2D eigenvalue weighted by molar-refractivity contribution is 9.10. The van der Waals surface area contributed by atoms with Crippen molar-refractivity contribution in [1.82, 2.24) is 5.32 Å². The standard InChI is InChI=1S/C18H19BrClNO2/c1-3-9-21-11-15-16(19)7-8-17(22-2)18(15)23-12-13-5-4-6-14(20)10-13/h3-8,10,21H,1,9,11-12H2,2H3. The average Bonchev–Trinajstić information content (AvgIpc) is 2.55. The Hall–Kier alpha value is -1.49. The van der Waals surface area contributed by atoms with Crippen LogP contribution in [0.1, 0.15) is 11.1 Å². The summed E-state index contributed by atoms with van der Waals surface area (Å²) in [6.07, 6.45) is 1.82. The number of halogens is 2. The molecule has 3 nitrogen and oxygen atoms in total. The molecule has 0 saturated heterocycles. The van der Waals surface area contributed by atoms with Crippen LogP contribution in [-0.2, 0) is 13.2 Å². The maximum absolute atomic E-state index is 6.03. The van der Waals surface area contributed by atoms with E-state index in [1.165, 1.54) is 0 Å². The van der Waals surface area contributed by atoms with E-state index in [9.17, 15) is 0 Å². The summed E-state index contributed by atoms with van der Waals surface area (Å²) < 4.78 is 12.4. The van der Waals surface area contributed by atoms with Gasteiger partial charge in [-0.15, -0.1) is 6.58 Å². The van der Waals surface area contributed by atoms with Gasteiger partial charge in [0.2, 0.25) is 0 Å². The van der Waals surface area contributed by atoms with E-state index in [1.54, 1.807) is 7.11 Å². The first-order valence-corrected chi connectivity index (χ1v) is 8.37. The Kier molecular flexibility index (Phi) is 6.96. The predicted molar refractivity (Wildman–Crippen MR) is 98.4 cm³/mol. The van der Waals surface area contributed by atoms with Crippen LogP contribution in [0, 0.1) is 0 Å². The van der Waals surface area contributed by atoms with Crippen LogP contribution in [0.25, 0.3) is 0 Å². The molecule has 0 amide bonds. The second kappa shape index (κ2) is 8.96. The maximum atomic E-state index is 6.03. The Morgan fingerprint density at radius 2 is 2.13 bits per heavy atom. The lowest BCUT2D eigenvalue weighted by Crippen LogP contribution is -2.14. The quantitative estimate of drug-likeness (QED) is 0.505. The molecule has 0 heterocycles. The van der Waals surface area contributed by atoms with Gasteiger partial charge in [-0.25, -0.2) is 0 Å². The molecule has 0 atom stereocenters. The SMILES string of the molecule is C=CCNCc1c(Br)ccc(OC)c1OCc1cccc(Cl)c1. The summed E-state index contributed by atoms with van der Waals surface area (Å²) in [5.41, 5.74) is 2.01. The highest BCUT2D eigenvalue weighted by Gasteiger charge is 2.14. The third kappa shape index (κ3) is 4.99. The second-order valence-corrected chi connectivity index (χ2v) is 6.19. The summed E-state index contributed by atoms with van der Waals surface area (Å²) in [6.45, 7) is 5.50. The van der Waals surface area contributed by atoms with Crippen LogP contribution in [-0.4, -0.2) is 13.7 Å². The van der Waals surface area contributed by atoms with Crippen LogP contribution >= 0.6 is 27.5 Å². The number of benzene rings is 2. The molecule has 23 heavy (non-hydrogen) atoms. The molecule has 0 spiro atoms. The fourth-order valence-electron chi connectivity index (χ4n) is 2.15. The molecule has 0 unspecified atom stereocenters. The van der Waals surface area contributed by atoms with Gasteiger partial charge in [0, 0.05) is 28.1 Å². The molecule has 2 aromatic carbocycles. The molecule has 1 N–H and O–H groups in total. The monoisotopic (exact) mass is 395 g/mol. The normalized spacial score (nSPS) is 10.4. The maximum Gasteiger partial charge on any atom is 0.167 e. The van der Waals surface area contributed by atoms with Gasteiger partial charge in [0.25, 0.3) is 0 Å². The van der Waals surface area contributed by atoms with E-state index in [-0.39, 0.29) is 0 Å². The Morgan fingerprint density at radius 3 is 2.83 bits per heavy atom. The first-order valence-electron chi connectivity index (χ1n) is 7.20. The van der Waals surface area contributed by atoms with E-state index in [1.807, 2.05) is 42.5 Å². The van der Waals surface area contributed by atoms with E-state index in [0.29, 0.717) is 23.9 Å². The topological polar surface area (TPSA) is 30.5 Å². The zero-order valence-electron chi connectivity index (χ0n) is 12.9. The molecule has 0 aliphatic rings. The fraction of sp³-hybridized carbons (Fsp3) is 0.222. The van der Waals surface area contributed by atoms with Crippen LogP contribution in [0.2, 0.25) is 5.02 Å². The minimum Gasteiger partial charge on any atom is -0.493 e. The zero-order chi connectivity index (χ0) is 16.7. The van der Waals surface area contributed by atoms with Crippen LogP contribution in [0.4, 0.5) is 0 Å². The van der Waals surface area contributed by atoms with Crippen molar-refractivity contribution in [3.05, 3.63) is 69.7 Å². The minimum atomic E-state index is 0.418. The Morgan fingerprint density at radius 1 is 1.30 bits per heavy atom. The van der Waals surface area contributed by atoms with E-state index in [2.05, 4.69) is 27.8 Å². The van der Waals surface area contributed by atoms with Crippen molar-refractivity contribution in [3.8, 4) is 11.5 Å². The van der Waals surface area contributed by atoms with Gasteiger partial charge < -0.3 is 14.8 Å². The molecular weight excluding hydrogens is 378 g/mol. The highest BCUT2D eigenvalue weighted by Crippen LogP contribution is 2.36. The van der Waals surface area contributed by atoms with Crippen LogP contribution in [0.3, 0.4) is 0 Å². The summed E-state index contributed by atoms with van der Waals surface area (Å²) >= 11 is 9.60. The summed E-state index contributed by atoms with van der Waals surface area (Å²) in [4.78, 5) is 0. The number of rotatable bonds is 8. The van der Waals surface area contributed by atoms with Crippen molar-refractivity contribution in [2.24, 2.45) is 0 Å². The summed E-state index contributed by atoms with van der Waals surface area (Å²) in [5.74, 6) is 1.42. The number of hydrogen-bond donors (Lipinski definition) is 1. The largest absolute Gasteiger partial charge is 0.493 e. The lowest BCUT2D eigenvalue weighted by molar-refractivity contribution is 0.280. The van der Waals surface area contributed by atoms with E-state index < -0.39 is 0 Å². The highest BCUT2D eigenvalue weighted by atomic mass is 79.9. The van der Waals surface area contributed by atoms with Crippen LogP contribution in [0.15, 0.2) is 53.5 Å². The van der Waals surface area contributed by atoms with Gasteiger partial charge in [-0.2, -0.15) is 0 Å². The molecule has 0 radical (unpaired) electrons. The Bertz CT molecular complexity index is 676. The Labute approximate surface area is 150 Å². The molecule has 122 valence electrons. The van der Waals surface area contributed by atoms with Gasteiger partial charge in [0.15, 0.2) is 11.5 Å². The van der Waals surface area contributed by atoms with Crippen molar-refractivity contribution in [2.45, 2.75) is 13.2 Å². The third-order valence-electron chi connectivity index (χ3n) is 3.25.